The van der Waals surface area contributed by atoms with Crippen molar-refractivity contribution in [2.75, 3.05) is 5.43 Å². The molecular formula is C15H10BrCl2N5. The highest BCUT2D eigenvalue weighted by Gasteiger charge is 2.04. The average Bonchev–Trinajstić information content (AvgIpc) is 2.97. The number of anilines is 1. The number of hydrogen-bond acceptors (Lipinski definition) is 4. The van der Waals surface area contributed by atoms with Crippen LogP contribution in [0.5, 0.6) is 0 Å². The largest absolute Gasteiger partial charge is 0.278 e. The zero-order chi connectivity index (χ0) is 16.2. The van der Waals surface area contributed by atoms with E-state index in [4.69, 9.17) is 23.2 Å². The standard InChI is InChI=1S/C15H10BrCl2N5/c16-10-1-3-13(4-2-10)20-19-8-14-9-23(22-21-14)15-6-11(17)5-12(18)7-15/h1-9,20H/b19-8+. The van der Waals surface area contributed by atoms with Gasteiger partial charge in [-0.05, 0) is 42.5 Å². The van der Waals surface area contributed by atoms with E-state index in [-0.39, 0.29) is 0 Å². The Morgan fingerprint density at radius 2 is 1.78 bits per heavy atom. The molecule has 116 valence electrons. The molecule has 3 aromatic rings. The van der Waals surface area contributed by atoms with Crippen molar-refractivity contribution < 1.29 is 0 Å². The lowest BCUT2D eigenvalue weighted by Gasteiger charge is -2.01. The molecule has 0 amide bonds. The summed E-state index contributed by atoms with van der Waals surface area (Å²) in [6, 6.07) is 12.8. The number of hydrogen-bond donors (Lipinski definition) is 1. The smallest absolute Gasteiger partial charge is 0.126 e. The summed E-state index contributed by atoms with van der Waals surface area (Å²) in [6.07, 6.45) is 3.31. The fourth-order valence-corrected chi connectivity index (χ4v) is 2.61. The maximum absolute atomic E-state index is 5.98. The predicted molar refractivity (Wildman–Crippen MR) is 96.7 cm³/mol. The molecular weight excluding hydrogens is 401 g/mol. The van der Waals surface area contributed by atoms with Crippen LogP contribution in [0.3, 0.4) is 0 Å². The second-order valence-corrected chi connectivity index (χ2v) is 6.38. The van der Waals surface area contributed by atoms with Gasteiger partial charge in [0.15, 0.2) is 0 Å². The fraction of sp³-hybridized carbons (Fsp3) is 0. The Bertz CT molecular complexity index is 825. The lowest BCUT2D eigenvalue weighted by molar-refractivity contribution is 0.803. The first-order valence-electron chi connectivity index (χ1n) is 6.53. The zero-order valence-electron chi connectivity index (χ0n) is 11.6. The zero-order valence-corrected chi connectivity index (χ0v) is 14.7. The molecule has 0 atom stereocenters. The molecule has 0 spiro atoms. The number of aromatic nitrogens is 3. The van der Waals surface area contributed by atoms with Crippen molar-refractivity contribution in [3.05, 3.63) is 68.9 Å². The molecule has 0 radical (unpaired) electrons. The van der Waals surface area contributed by atoms with E-state index in [1.807, 2.05) is 24.3 Å². The average molecular weight is 411 g/mol. The van der Waals surface area contributed by atoms with E-state index in [0.717, 1.165) is 15.8 Å². The van der Waals surface area contributed by atoms with Crippen molar-refractivity contribution in [1.82, 2.24) is 15.0 Å². The SMILES string of the molecule is Clc1cc(Cl)cc(-n2cc(/C=N/Nc3ccc(Br)cc3)nn2)c1. The molecule has 1 heterocycles. The van der Waals surface area contributed by atoms with Gasteiger partial charge in [-0.25, -0.2) is 4.68 Å². The van der Waals surface area contributed by atoms with Gasteiger partial charge in [-0.1, -0.05) is 44.3 Å². The van der Waals surface area contributed by atoms with Gasteiger partial charge in [-0.15, -0.1) is 5.10 Å². The first-order chi connectivity index (χ1) is 11.1. The molecule has 0 aliphatic rings. The van der Waals surface area contributed by atoms with Crippen LogP contribution in [0.15, 0.2) is 58.2 Å². The maximum atomic E-state index is 5.98. The van der Waals surface area contributed by atoms with Crippen molar-refractivity contribution in [2.24, 2.45) is 5.10 Å². The van der Waals surface area contributed by atoms with Gasteiger partial charge in [0.05, 0.1) is 23.8 Å². The number of nitrogens with one attached hydrogen (secondary N) is 1. The van der Waals surface area contributed by atoms with Gasteiger partial charge in [-0.2, -0.15) is 5.10 Å². The van der Waals surface area contributed by atoms with Crippen LogP contribution in [-0.2, 0) is 0 Å². The molecule has 23 heavy (non-hydrogen) atoms. The molecule has 0 saturated carbocycles. The molecule has 8 heteroatoms. The molecule has 2 aromatic carbocycles. The minimum absolute atomic E-state index is 0.537. The minimum Gasteiger partial charge on any atom is -0.278 e. The van der Waals surface area contributed by atoms with E-state index in [9.17, 15) is 0 Å². The van der Waals surface area contributed by atoms with Crippen LogP contribution in [0, 0.1) is 0 Å². The summed E-state index contributed by atoms with van der Waals surface area (Å²) in [4.78, 5) is 0. The molecule has 0 unspecified atom stereocenters. The third-order valence-corrected chi connectivity index (χ3v) is 3.82. The minimum atomic E-state index is 0.537. The Balaban J connectivity index is 1.71. The van der Waals surface area contributed by atoms with Gasteiger partial charge >= 0.3 is 0 Å². The molecule has 5 nitrogen and oxygen atoms in total. The Hall–Kier alpha value is -1.89. The van der Waals surface area contributed by atoms with Crippen LogP contribution in [0.25, 0.3) is 5.69 Å². The van der Waals surface area contributed by atoms with E-state index >= 15 is 0 Å². The fourth-order valence-electron chi connectivity index (χ4n) is 1.83. The first-order valence-corrected chi connectivity index (χ1v) is 8.08. The van der Waals surface area contributed by atoms with Gasteiger partial charge in [0.2, 0.25) is 0 Å². The predicted octanol–water partition coefficient (Wildman–Crippen LogP) is 4.78. The summed E-state index contributed by atoms with van der Waals surface area (Å²) in [5.41, 5.74) is 5.13. The number of hydrazone groups is 1. The van der Waals surface area contributed by atoms with Crippen molar-refractivity contribution in [1.29, 1.82) is 0 Å². The maximum Gasteiger partial charge on any atom is 0.126 e. The van der Waals surface area contributed by atoms with Crippen LogP contribution in [0.1, 0.15) is 5.69 Å². The van der Waals surface area contributed by atoms with E-state index in [0.29, 0.717) is 15.7 Å². The van der Waals surface area contributed by atoms with E-state index < -0.39 is 0 Å². The Morgan fingerprint density at radius 3 is 2.48 bits per heavy atom. The van der Waals surface area contributed by atoms with Crippen LogP contribution in [0.2, 0.25) is 10.0 Å². The second-order valence-electron chi connectivity index (χ2n) is 4.59. The molecule has 0 bridgehead atoms. The van der Waals surface area contributed by atoms with Gasteiger partial charge in [-0.3, -0.25) is 5.43 Å². The van der Waals surface area contributed by atoms with Crippen LogP contribution < -0.4 is 5.43 Å². The highest BCUT2D eigenvalue weighted by molar-refractivity contribution is 9.10. The van der Waals surface area contributed by atoms with Gasteiger partial charge in [0.1, 0.15) is 5.69 Å². The lowest BCUT2D eigenvalue weighted by Crippen LogP contribution is -1.94. The molecule has 1 aromatic heterocycles. The van der Waals surface area contributed by atoms with Crippen molar-refractivity contribution in [3.63, 3.8) is 0 Å². The summed E-state index contributed by atoms with van der Waals surface area (Å²) in [5.74, 6) is 0. The first kappa shape index (κ1) is 16.0. The number of benzene rings is 2. The molecule has 0 aliphatic heterocycles. The Labute approximate surface area is 151 Å². The van der Waals surface area contributed by atoms with Gasteiger partial charge < -0.3 is 0 Å². The summed E-state index contributed by atoms with van der Waals surface area (Å²) in [5, 5.41) is 13.3. The molecule has 0 aliphatic carbocycles. The molecule has 1 N–H and O–H groups in total. The van der Waals surface area contributed by atoms with E-state index in [2.05, 4.69) is 36.8 Å². The summed E-state index contributed by atoms with van der Waals surface area (Å²) >= 11 is 15.3. The normalized spacial score (nSPS) is 11.1. The van der Waals surface area contributed by atoms with Gasteiger partial charge in [0, 0.05) is 14.5 Å². The number of nitrogens with zero attached hydrogens (tertiary/aromatic N) is 4. The number of halogens is 3. The highest BCUT2D eigenvalue weighted by Crippen LogP contribution is 2.21. The molecule has 0 fully saturated rings. The summed E-state index contributed by atoms with van der Waals surface area (Å²) in [7, 11) is 0. The topological polar surface area (TPSA) is 55.1 Å². The Morgan fingerprint density at radius 1 is 1.09 bits per heavy atom. The summed E-state index contributed by atoms with van der Waals surface area (Å²) < 4.78 is 2.59. The van der Waals surface area contributed by atoms with E-state index in [1.165, 1.54) is 0 Å². The van der Waals surface area contributed by atoms with E-state index in [1.54, 1.807) is 35.3 Å². The monoisotopic (exact) mass is 409 g/mol. The molecule has 0 saturated heterocycles. The summed E-state index contributed by atoms with van der Waals surface area (Å²) in [6.45, 7) is 0. The van der Waals surface area contributed by atoms with Crippen molar-refractivity contribution in [2.45, 2.75) is 0 Å². The lowest BCUT2D eigenvalue weighted by atomic mass is 10.3. The third kappa shape index (κ3) is 4.31. The Kier molecular flexibility index (Phi) is 4.95. The third-order valence-electron chi connectivity index (χ3n) is 2.86. The quantitative estimate of drug-likeness (QED) is 0.497. The second kappa shape index (κ2) is 7.12. The van der Waals surface area contributed by atoms with Crippen LogP contribution in [0.4, 0.5) is 5.69 Å². The molecule has 3 rings (SSSR count). The van der Waals surface area contributed by atoms with Crippen LogP contribution >= 0.6 is 39.1 Å². The van der Waals surface area contributed by atoms with Crippen molar-refractivity contribution in [3.8, 4) is 5.69 Å². The van der Waals surface area contributed by atoms with Crippen molar-refractivity contribution >= 4 is 51.0 Å². The highest BCUT2D eigenvalue weighted by atomic mass is 79.9. The number of rotatable bonds is 4. The van der Waals surface area contributed by atoms with Gasteiger partial charge in [0.25, 0.3) is 0 Å². The van der Waals surface area contributed by atoms with Crippen LogP contribution in [-0.4, -0.2) is 21.2 Å².